The molecule has 2 aliphatic rings. The summed E-state index contributed by atoms with van der Waals surface area (Å²) in [6, 6.07) is 8.61. The Labute approximate surface area is 313 Å². The number of aromatic nitrogens is 4. The number of aliphatic hydroxyl groups excluding tert-OH is 4. The molecule has 0 radical (unpaired) electrons. The summed E-state index contributed by atoms with van der Waals surface area (Å²) < 4.78 is 16.6. The minimum atomic E-state index is -2.41. The number of nitrogens with one attached hydrogen (secondary N) is 3. The lowest BCUT2D eigenvalue weighted by Crippen LogP contribution is -2.61. The number of hydrogen-bond acceptors (Lipinski definition) is 11. The number of amides is 1. The van der Waals surface area contributed by atoms with E-state index < -0.39 is 48.8 Å². The van der Waals surface area contributed by atoms with Crippen LogP contribution in [-0.4, -0.2) is 106 Å². The molecule has 2 aliphatic heterocycles. The van der Waals surface area contributed by atoms with Crippen LogP contribution in [0.5, 0.6) is 5.75 Å². The van der Waals surface area contributed by atoms with Gasteiger partial charge >= 0.3 is 0 Å². The number of aliphatic hydroxyl groups is 5. The van der Waals surface area contributed by atoms with E-state index in [1.54, 1.807) is 42.1 Å². The number of fused-ring (bicyclic) bond motifs is 4. The van der Waals surface area contributed by atoms with Crippen molar-refractivity contribution in [2.75, 3.05) is 19.8 Å². The van der Waals surface area contributed by atoms with Gasteiger partial charge in [-0.25, -0.2) is 9.78 Å². The van der Waals surface area contributed by atoms with E-state index in [1.165, 1.54) is 6.07 Å². The predicted molar refractivity (Wildman–Crippen MR) is 199 cm³/mol. The summed E-state index contributed by atoms with van der Waals surface area (Å²) in [7, 11) is 0. The first kappa shape index (κ1) is 37.0. The molecule has 16 heteroatoms. The zero-order chi connectivity index (χ0) is 38.6. The van der Waals surface area contributed by atoms with Crippen LogP contribution in [0.1, 0.15) is 37.5 Å². The molecule has 16 nitrogen and oxygen atoms in total. The summed E-state index contributed by atoms with van der Waals surface area (Å²) in [5, 5.41) is 58.4. The summed E-state index contributed by atoms with van der Waals surface area (Å²) in [6.45, 7) is 2.24. The molecule has 7 atom stereocenters. The van der Waals surface area contributed by atoms with E-state index in [1.807, 2.05) is 36.1 Å². The molecule has 5 aromatic heterocycles. The number of ether oxygens (including phenoxy) is 1. The van der Waals surface area contributed by atoms with Crippen LogP contribution in [0.15, 0.2) is 70.5 Å². The van der Waals surface area contributed by atoms with Gasteiger partial charge in [0.1, 0.15) is 53.7 Å². The lowest BCUT2D eigenvalue weighted by Gasteiger charge is -2.43. The maximum absolute atomic E-state index is 13.4. The molecule has 7 heterocycles. The van der Waals surface area contributed by atoms with Gasteiger partial charge < -0.3 is 59.1 Å². The molecule has 6 aromatic rings. The van der Waals surface area contributed by atoms with Crippen LogP contribution in [0, 0.1) is 12.8 Å². The zero-order valence-corrected chi connectivity index (χ0v) is 30.4. The number of carbonyl (C=O) groups excluding carboxylic acids is 1. The van der Waals surface area contributed by atoms with Gasteiger partial charge in [0.15, 0.2) is 16.8 Å². The Bertz CT molecular complexity index is 2380. The monoisotopic (exact) mass is 759 g/mol. The fourth-order valence-electron chi connectivity index (χ4n) is 8.00. The average Bonchev–Trinajstić information content (AvgIpc) is 4.00. The molecule has 55 heavy (non-hydrogen) atoms. The first-order valence-corrected chi connectivity index (χ1v) is 18.4. The molecule has 1 fully saturated rings. The molecule has 292 valence electrons. The molecule has 0 spiro atoms. The molecule has 8 N–H and O–H groups in total. The maximum Gasteiger partial charge on any atom is 0.220 e. The van der Waals surface area contributed by atoms with Crippen LogP contribution in [0.4, 0.5) is 0 Å². The third-order valence-corrected chi connectivity index (χ3v) is 11.3. The van der Waals surface area contributed by atoms with Crippen molar-refractivity contribution in [3.05, 3.63) is 82.9 Å². The Kier molecular flexibility index (Phi) is 9.61. The van der Waals surface area contributed by atoms with Gasteiger partial charge in [-0.15, -0.1) is 0 Å². The Morgan fingerprint density at radius 2 is 1.87 bits per heavy atom. The van der Waals surface area contributed by atoms with Crippen LogP contribution < -0.4 is 15.5 Å². The number of nitrogens with zero attached hydrogens (tertiary/aromatic N) is 2. The Morgan fingerprint density at radius 3 is 2.64 bits per heavy atom. The van der Waals surface area contributed by atoms with Crippen molar-refractivity contribution < 1.29 is 49.3 Å². The summed E-state index contributed by atoms with van der Waals surface area (Å²) >= 11 is 0. The van der Waals surface area contributed by atoms with Crippen molar-refractivity contribution in [2.24, 2.45) is 5.92 Å². The number of carbonyl (C=O) groups is 1. The second-order valence-electron chi connectivity index (χ2n) is 15.1. The van der Waals surface area contributed by atoms with Gasteiger partial charge in [0, 0.05) is 67.4 Å². The molecule has 0 aliphatic carbocycles. The van der Waals surface area contributed by atoms with E-state index in [0.717, 1.165) is 16.4 Å². The van der Waals surface area contributed by atoms with E-state index in [4.69, 9.17) is 18.9 Å². The van der Waals surface area contributed by atoms with Crippen LogP contribution in [0.25, 0.3) is 38.6 Å². The van der Waals surface area contributed by atoms with Crippen molar-refractivity contribution in [3.63, 3.8) is 0 Å². The highest BCUT2D eigenvalue weighted by Gasteiger charge is 2.48. The standard InChI is InChI=1S/C39H45N5O11/c1-21-11-29(46)25-13-24-14-32(55-52-19-31(48)39(51,37(50)30(47)18-45)20-43-10-6-26-28(43)5-9-40-26)38(2,7-3-22-12-33(49)42-15-22)54-35(24)34(36(25)53-21)44-16-23-4-8-41-27(23)17-44/h4-6,8-11,13,16-17,22,30-32,37,40-41,45,47-48,50-51H,3,7,12,14-15,18-20H2,1-2H3,(H,42,49)/t22-,30-,31+,32-,37-,38-,39-/m1/s1. The number of benzene rings is 1. The van der Waals surface area contributed by atoms with E-state index in [2.05, 4.69) is 15.3 Å². The maximum atomic E-state index is 13.4. The summed E-state index contributed by atoms with van der Waals surface area (Å²) in [4.78, 5) is 43.5. The lowest BCUT2D eigenvalue weighted by molar-refractivity contribution is -0.365. The molecular weight excluding hydrogens is 714 g/mol. The van der Waals surface area contributed by atoms with Gasteiger partial charge in [-0.2, -0.15) is 0 Å². The summed E-state index contributed by atoms with van der Waals surface area (Å²) in [5.41, 5.74) is 0.117. The fourth-order valence-corrected chi connectivity index (χ4v) is 8.00. The first-order valence-electron chi connectivity index (χ1n) is 18.4. The number of rotatable bonds is 14. The predicted octanol–water partition coefficient (Wildman–Crippen LogP) is 2.09. The van der Waals surface area contributed by atoms with E-state index in [9.17, 15) is 35.1 Å². The van der Waals surface area contributed by atoms with E-state index in [-0.39, 0.29) is 30.2 Å². The van der Waals surface area contributed by atoms with Crippen LogP contribution in [-0.2, 0) is 27.5 Å². The number of H-pyrrole nitrogens is 2. The topological polar surface area (TPSA) is 230 Å². The lowest BCUT2D eigenvalue weighted by atomic mass is 9.83. The summed E-state index contributed by atoms with van der Waals surface area (Å²) in [6.07, 6.45) is 4.22. The molecule has 0 saturated carbocycles. The highest BCUT2D eigenvalue weighted by Crippen LogP contribution is 2.45. The third-order valence-electron chi connectivity index (χ3n) is 11.3. The largest absolute Gasteiger partial charge is 0.482 e. The quantitative estimate of drug-likeness (QED) is 0.0592. The highest BCUT2D eigenvalue weighted by atomic mass is 17.2. The van der Waals surface area contributed by atoms with E-state index >= 15 is 0 Å². The smallest absolute Gasteiger partial charge is 0.220 e. The number of hydrogen-bond donors (Lipinski definition) is 8. The Hall–Kier alpha value is -4.94. The van der Waals surface area contributed by atoms with Crippen LogP contribution in [0.3, 0.4) is 0 Å². The molecule has 8 rings (SSSR count). The fraction of sp³-hybridized carbons (Fsp3) is 0.436. The Balaban J connectivity index is 1.12. The van der Waals surface area contributed by atoms with Gasteiger partial charge in [-0.3, -0.25) is 9.59 Å². The molecular formula is C39H45N5O11. The molecule has 1 aromatic carbocycles. The Morgan fingerprint density at radius 1 is 1.07 bits per heavy atom. The zero-order valence-electron chi connectivity index (χ0n) is 30.4. The van der Waals surface area contributed by atoms with Gasteiger partial charge in [0.25, 0.3) is 0 Å². The molecule has 1 amide bonds. The van der Waals surface area contributed by atoms with E-state index in [0.29, 0.717) is 65.1 Å². The van der Waals surface area contributed by atoms with Gasteiger partial charge in [-0.05, 0) is 56.9 Å². The van der Waals surface area contributed by atoms with Crippen molar-refractivity contribution >= 4 is 38.8 Å². The van der Waals surface area contributed by atoms with Gasteiger partial charge in [0.2, 0.25) is 5.91 Å². The summed E-state index contributed by atoms with van der Waals surface area (Å²) in [5.74, 6) is 0.970. The van der Waals surface area contributed by atoms with Crippen molar-refractivity contribution in [1.29, 1.82) is 0 Å². The molecule has 1 saturated heterocycles. The minimum absolute atomic E-state index is 0.0178. The number of aromatic amines is 2. The second kappa shape index (κ2) is 14.3. The molecule has 0 bridgehead atoms. The van der Waals surface area contributed by atoms with Crippen LogP contribution in [0.2, 0.25) is 0 Å². The number of aryl methyl sites for hydroxylation is 1. The van der Waals surface area contributed by atoms with Gasteiger partial charge in [-0.1, -0.05) is 0 Å². The highest BCUT2D eigenvalue weighted by molar-refractivity contribution is 5.91. The van der Waals surface area contributed by atoms with Crippen molar-refractivity contribution in [3.8, 4) is 11.4 Å². The van der Waals surface area contributed by atoms with Crippen molar-refractivity contribution in [1.82, 2.24) is 24.4 Å². The van der Waals surface area contributed by atoms with Gasteiger partial charge in [0.05, 0.1) is 35.1 Å². The third kappa shape index (κ3) is 6.73. The average molecular weight is 760 g/mol. The second-order valence-corrected chi connectivity index (χ2v) is 15.1. The SMILES string of the molecule is Cc1cc(=O)c2cc3c(c(-n4cc5cc[nH]c5c4)c2o1)O[C@](C)(CC[C@H]1CNC(=O)C1)[C@H](OOC[C@H](O)[C@](O)(Cn1ccc2[nH]ccc21)[C@H](O)[C@H](O)CO)C3. The minimum Gasteiger partial charge on any atom is -0.482 e. The molecule has 0 unspecified atom stereocenters. The normalized spacial score (nSPS) is 22.8. The first-order chi connectivity index (χ1) is 26.4. The van der Waals surface area contributed by atoms with Crippen LogP contribution >= 0.6 is 0 Å². The van der Waals surface area contributed by atoms with Crippen molar-refractivity contribution in [2.45, 2.75) is 81.7 Å².